The Morgan fingerprint density at radius 2 is 1.19 bits per heavy atom. The number of nitrogens with zero attached hydrogens (tertiary/aromatic N) is 3. The van der Waals surface area contributed by atoms with Gasteiger partial charge in [-0.25, -0.2) is 14.8 Å². The van der Waals surface area contributed by atoms with E-state index in [4.69, 9.17) is 17.2 Å². The van der Waals surface area contributed by atoms with Crippen molar-refractivity contribution in [2.45, 2.75) is 109 Å². The minimum absolute atomic E-state index is 0.00240. The van der Waals surface area contributed by atoms with E-state index in [1.165, 1.54) is 25.0 Å². The molecule has 0 aliphatic rings. The molecule has 0 unspecified atom stereocenters. The molecule has 322 valence electrons. The molecule has 0 aliphatic heterocycles. The molecule has 0 saturated heterocycles. The predicted octanol–water partition coefficient (Wildman–Crippen LogP) is -0.858. The van der Waals surface area contributed by atoms with Gasteiger partial charge in [-0.3, -0.25) is 29.0 Å². The Bertz CT molecular complexity index is 1820. The number of aliphatic imine (C=N–C) groups is 1. The number of rotatable bonds is 25. The van der Waals surface area contributed by atoms with E-state index >= 15 is 0 Å². The van der Waals surface area contributed by atoms with Gasteiger partial charge >= 0.3 is 5.97 Å². The Kier molecular flexibility index (Phi) is 19.0. The third kappa shape index (κ3) is 16.2. The highest BCUT2D eigenvalue weighted by Crippen LogP contribution is 2.12. The summed E-state index contributed by atoms with van der Waals surface area (Å²) < 4.78 is 0. The summed E-state index contributed by atoms with van der Waals surface area (Å²) in [6, 6.07) is 1.72. The summed E-state index contributed by atoms with van der Waals surface area (Å²) in [5.41, 5.74) is 18.6. The van der Waals surface area contributed by atoms with Crippen molar-refractivity contribution in [1.29, 1.82) is 0 Å². The summed E-state index contributed by atoms with van der Waals surface area (Å²) >= 11 is 0. The number of H-pyrrole nitrogens is 2. The number of hydrogen-bond acceptors (Lipinski definition) is 10. The molecule has 3 rings (SSSR count). The lowest BCUT2D eigenvalue weighted by atomic mass is 9.98. The van der Waals surface area contributed by atoms with Gasteiger partial charge in [-0.15, -0.1) is 0 Å². The Balaban J connectivity index is 1.88. The van der Waals surface area contributed by atoms with Crippen molar-refractivity contribution in [2.75, 3.05) is 6.54 Å². The van der Waals surface area contributed by atoms with E-state index in [9.17, 15) is 33.9 Å². The van der Waals surface area contributed by atoms with Crippen LogP contribution in [0, 0.1) is 11.8 Å². The molecule has 0 aliphatic carbocycles. The van der Waals surface area contributed by atoms with Crippen molar-refractivity contribution < 1.29 is 33.9 Å². The van der Waals surface area contributed by atoms with Crippen LogP contribution in [0.15, 0.2) is 60.4 Å². The van der Waals surface area contributed by atoms with Crippen LogP contribution in [0.4, 0.5) is 0 Å². The molecule has 0 bridgehead atoms. The van der Waals surface area contributed by atoms with Gasteiger partial charge in [0.1, 0.15) is 30.2 Å². The lowest BCUT2D eigenvalue weighted by Crippen LogP contribution is -2.60. The van der Waals surface area contributed by atoms with Gasteiger partial charge in [0.05, 0.1) is 18.7 Å². The Morgan fingerprint density at radius 1 is 0.712 bits per heavy atom. The first-order chi connectivity index (χ1) is 28.1. The maximum absolute atomic E-state index is 14.2. The number of nitrogens with one attached hydrogen (secondary N) is 7. The van der Waals surface area contributed by atoms with E-state index < -0.39 is 71.8 Å². The maximum atomic E-state index is 14.2. The summed E-state index contributed by atoms with van der Waals surface area (Å²) in [4.78, 5) is 98.9. The lowest BCUT2D eigenvalue weighted by Gasteiger charge is -2.28. The zero-order valence-electron chi connectivity index (χ0n) is 33.9. The number of aromatic nitrogens is 4. The highest BCUT2D eigenvalue weighted by molar-refractivity contribution is 5.96. The van der Waals surface area contributed by atoms with Gasteiger partial charge in [0.15, 0.2) is 5.96 Å². The minimum Gasteiger partial charge on any atom is -0.480 e. The average molecular weight is 822 g/mol. The minimum atomic E-state index is -1.32. The summed E-state index contributed by atoms with van der Waals surface area (Å²) in [5, 5.41) is 23.4. The molecule has 20 heteroatoms. The Morgan fingerprint density at radius 3 is 1.64 bits per heavy atom. The summed E-state index contributed by atoms with van der Waals surface area (Å²) in [6.07, 6.45) is 6.79. The fourth-order valence-electron chi connectivity index (χ4n) is 6.04. The monoisotopic (exact) mass is 821 g/mol. The molecular weight excluding hydrogens is 763 g/mol. The van der Waals surface area contributed by atoms with Crippen molar-refractivity contribution in [1.82, 2.24) is 46.5 Å². The quantitative estimate of drug-likeness (QED) is 0.0283. The number of aromatic amines is 2. The standard InChI is InChI=1S/C39H59N13O7/c1-5-23(4)32(40)37(57)52-31(17-26-19-44-21-47-26)36(56)49-28(14-22(2)3)33(53)51-30(16-25-18-43-20-46-25)35(55)50-29(15-24-10-7-6-8-11-24)34(54)48-27(38(58)59)12-9-13-45-39(41)42/h6-8,10-11,18-23,27-32H,5,9,12-17,40H2,1-4H3,(H,43,46)(H,44,47)(H,48,54)(H,49,56)(H,50,55)(H,51,53)(H,52,57)(H,58,59)(H4,41,42,45)/t23-,27-,28-,29-,30-,31-,32-/m0/s1. The zero-order valence-corrected chi connectivity index (χ0v) is 33.9. The molecule has 2 aromatic heterocycles. The fourth-order valence-corrected chi connectivity index (χ4v) is 6.04. The zero-order chi connectivity index (χ0) is 43.5. The maximum Gasteiger partial charge on any atom is 0.326 e. The number of amides is 5. The van der Waals surface area contributed by atoms with Crippen LogP contribution >= 0.6 is 0 Å². The number of benzene rings is 1. The second-order valence-electron chi connectivity index (χ2n) is 14.9. The number of aliphatic carboxylic acids is 1. The van der Waals surface area contributed by atoms with Crippen molar-refractivity contribution >= 4 is 41.5 Å². The van der Waals surface area contributed by atoms with E-state index in [1.807, 2.05) is 27.7 Å². The van der Waals surface area contributed by atoms with E-state index in [2.05, 4.69) is 51.5 Å². The Hall–Kier alpha value is -6.31. The van der Waals surface area contributed by atoms with Gasteiger partial charge < -0.3 is 58.9 Å². The third-order valence-electron chi connectivity index (χ3n) is 9.60. The van der Waals surface area contributed by atoms with Crippen molar-refractivity contribution in [3.63, 3.8) is 0 Å². The van der Waals surface area contributed by atoms with Crippen LogP contribution in [-0.2, 0) is 48.0 Å². The van der Waals surface area contributed by atoms with E-state index in [1.54, 1.807) is 30.3 Å². The summed E-state index contributed by atoms with van der Waals surface area (Å²) in [5.74, 6) is -5.14. The molecule has 2 heterocycles. The molecule has 5 amide bonds. The molecule has 0 spiro atoms. The topological polar surface area (TPSA) is 331 Å². The van der Waals surface area contributed by atoms with Gasteiger partial charge in [-0.2, -0.15) is 0 Å². The number of carbonyl (C=O) groups excluding carboxylic acids is 5. The predicted molar refractivity (Wildman–Crippen MR) is 219 cm³/mol. The highest BCUT2D eigenvalue weighted by Gasteiger charge is 2.34. The van der Waals surface area contributed by atoms with E-state index in [0.29, 0.717) is 23.4 Å². The second-order valence-corrected chi connectivity index (χ2v) is 14.9. The normalized spacial score (nSPS) is 14.7. The number of carboxylic acid groups (broad SMARTS) is 1. The summed E-state index contributed by atoms with van der Waals surface area (Å²) in [6.45, 7) is 7.58. The first-order valence-corrected chi connectivity index (χ1v) is 19.6. The van der Waals surface area contributed by atoms with Crippen LogP contribution in [0.3, 0.4) is 0 Å². The second kappa shape index (κ2) is 23.8. The third-order valence-corrected chi connectivity index (χ3v) is 9.60. The van der Waals surface area contributed by atoms with Crippen LogP contribution < -0.4 is 43.8 Å². The first kappa shape index (κ1) is 47.1. The number of imidazole rings is 2. The molecule has 0 fully saturated rings. The molecule has 59 heavy (non-hydrogen) atoms. The molecule has 0 radical (unpaired) electrons. The van der Waals surface area contributed by atoms with Gasteiger partial charge in [0.25, 0.3) is 0 Å². The largest absolute Gasteiger partial charge is 0.480 e. The van der Waals surface area contributed by atoms with Crippen LogP contribution in [0.1, 0.15) is 70.3 Å². The molecule has 1 aromatic carbocycles. The van der Waals surface area contributed by atoms with Crippen LogP contribution in [-0.4, -0.2) is 109 Å². The molecule has 3 aromatic rings. The van der Waals surface area contributed by atoms with Crippen molar-refractivity contribution in [3.05, 3.63) is 72.3 Å². The van der Waals surface area contributed by atoms with Crippen LogP contribution in [0.2, 0.25) is 0 Å². The molecule has 14 N–H and O–H groups in total. The van der Waals surface area contributed by atoms with E-state index in [0.717, 1.165) is 0 Å². The van der Waals surface area contributed by atoms with Gasteiger partial charge in [0.2, 0.25) is 29.5 Å². The van der Waals surface area contributed by atoms with Gasteiger partial charge in [-0.1, -0.05) is 64.4 Å². The number of hydrogen-bond donors (Lipinski definition) is 11. The summed E-state index contributed by atoms with van der Waals surface area (Å²) in [7, 11) is 0. The molecular formula is C39H59N13O7. The van der Waals surface area contributed by atoms with Crippen molar-refractivity contribution in [2.24, 2.45) is 34.0 Å². The molecule has 7 atom stereocenters. The average Bonchev–Trinajstić information content (AvgIpc) is 3.92. The van der Waals surface area contributed by atoms with Gasteiger partial charge in [-0.05, 0) is 36.7 Å². The number of carboxylic acids is 1. The lowest BCUT2D eigenvalue weighted by molar-refractivity contribution is -0.142. The SMILES string of the molecule is CC[C@H](C)[C@H](N)C(=O)N[C@@H](Cc1cnc[nH]1)C(=O)N[C@@H](CC(C)C)C(=O)N[C@@H](Cc1cnc[nH]1)C(=O)N[C@@H](Cc1ccccc1)C(=O)N[C@@H](CCCN=C(N)N)C(=O)O. The first-order valence-electron chi connectivity index (χ1n) is 19.6. The van der Waals surface area contributed by atoms with Gasteiger partial charge in [0, 0.05) is 49.6 Å². The number of guanidine groups is 1. The number of carbonyl (C=O) groups is 6. The Labute approximate surface area is 343 Å². The molecule has 20 nitrogen and oxygen atoms in total. The van der Waals surface area contributed by atoms with Crippen LogP contribution in [0.5, 0.6) is 0 Å². The number of nitrogens with two attached hydrogens (primary N) is 3. The molecule has 0 saturated carbocycles. The van der Waals surface area contributed by atoms with Crippen molar-refractivity contribution in [3.8, 4) is 0 Å². The van der Waals surface area contributed by atoms with Crippen LogP contribution in [0.25, 0.3) is 0 Å². The van der Waals surface area contributed by atoms with E-state index in [-0.39, 0.29) is 62.9 Å². The fraction of sp³-hybridized carbons (Fsp3) is 0.513. The smallest absolute Gasteiger partial charge is 0.326 e. The highest BCUT2D eigenvalue weighted by atomic mass is 16.4.